The Labute approximate surface area is 97.8 Å². The second-order valence-electron chi connectivity index (χ2n) is 3.01. The van der Waals surface area contributed by atoms with Gasteiger partial charge in [0.05, 0.1) is 18.1 Å². The van der Waals surface area contributed by atoms with Crippen LogP contribution in [0.1, 0.15) is 27.6 Å². The number of carboxylic acids is 1. The highest BCUT2D eigenvalue weighted by atomic mass is 19.2. The number of hydrogen-bond donors (Lipinski definition) is 0. The molecule has 8 heteroatoms. The molecule has 0 unspecified atom stereocenters. The van der Waals surface area contributed by atoms with Crippen LogP contribution in [-0.2, 0) is 4.74 Å². The number of hydrogen-bond acceptors (Lipinski definition) is 4. The lowest BCUT2D eigenvalue weighted by molar-refractivity contribution is -0.255. The molecule has 0 bridgehead atoms. The smallest absolute Gasteiger partial charge is 0.344 e. The van der Waals surface area contributed by atoms with Gasteiger partial charge in [0.1, 0.15) is 5.56 Å². The maximum absolute atomic E-state index is 13.3. The van der Waals surface area contributed by atoms with Crippen molar-refractivity contribution in [2.24, 2.45) is 0 Å². The number of halogens is 4. The molecule has 0 spiro atoms. The van der Waals surface area contributed by atoms with E-state index in [0.717, 1.165) is 0 Å². The van der Waals surface area contributed by atoms with Gasteiger partial charge in [-0.2, -0.15) is 0 Å². The Morgan fingerprint density at radius 3 is 1.72 bits per heavy atom. The first-order valence-electron chi connectivity index (χ1n) is 4.57. The Morgan fingerprint density at radius 1 is 1.00 bits per heavy atom. The first-order chi connectivity index (χ1) is 8.32. The van der Waals surface area contributed by atoms with Crippen LogP contribution in [0.5, 0.6) is 0 Å². The minimum atomic E-state index is -2.45. The number of benzene rings is 1. The van der Waals surface area contributed by atoms with E-state index in [-0.39, 0.29) is 6.61 Å². The van der Waals surface area contributed by atoms with Crippen LogP contribution in [0.2, 0.25) is 0 Å². The van der Waals surface area contributed by atoms with Crippen LogP contribution in [0.15, 0.2) is 0 Å². The molecule has 1 aromatic carbocycles. The quantitative estimate of drug-likeness (QED) is 0.460. The second kappa shape index (κ2) is 5.03. The molecular formula is C10H5F4O4-. The fourth-order valence-corrected chi connectivity index (χ4v) is 1.19. The number of rotatable bonds is 3. The fourth-order valence-electron chi connectivity index (χ4n) is 1.19. The molecule has 0 fully saturated rings. The molecule has 1 rings (SSSR count). The molecule has 0 aliphatic heterocycles. The predicted molar refractivity (Wildman–Crippen MR) is 46.6 cm³/mol. The van der Waals surface area contributed by atoms with E-state index in [4.69, 9.17) is 0 Å². The fraction of sp³-hybridized carbons (Fsp3) is 0.200. The summed E-state index contributed by atoms with van der Waals surface area (Å²) in [6, 6.07) is 0. The van der Waals surface area contributed by atoms with Gasteiger partial charge in [-0.3, -0.25) is 0 Å². The van der Waals surface area contributed by atoms with E-state index in [9.17, 15) is 32.3 Å². The van der Waals surface area contributed by atoms with Crippen molar-refractivity contribution in [1.29, 1.82) is 0 Å². The van der Waals surface area contributed by atoms with E-state index in [1.165, 1.54) is 6.92 Å². The minimum absolute atomic E-state index is 0.289. The molecule has 0 aliphatic rings. The largest absolute Gasteiger partial charge is 0.545 e. The summed E-state index contributed by atoms with van der Waals surface area (Å²) in [7, 11) is 0. The van der Waals surface area contributed by atoms with Gasteiger partial charge in [-0.05, 0) is 6.92 Å². The standard InChI is InChI=1S/C10H6F4O4/c1-2-18-10(17)4-7(13)5(11)3(9(15)16)6(12)8(4)14/h2H2,1H3,(H,15,16)/p-1. The van der Waals surface area contributed by atoms with Gasteiger partial charge in [0.25, 0.3) is 0 Å². The molecule has 4 nitrogen and oxygen atoms in total. The summed E-state index contributed by atoms with van der Waals surface area (Å²) < 4.78 is 57.0. The second-order valence-corrected chi connectivity index (χ2v) is 3.01. The Morgan fingerprint density at radius 2 is 1.39 bits per heavy atom. The molecule has 0 heterocycles. The highest BCUT2D eigenvalue weighted by Gasteiger charge is 2.30. The van der Waals surface area contributed by atoms with Gasteiger partial charge in [0, 0.05) is 0 Å². The third-order valence-electron chi connectivity index (χ3n) is 1.95. The van der Waals surface area contributed by atoms with Crippen LogP contribution in [0.4, 0.5) is 17.6 Å². The molecule has 0 radical (unpaired) electrons. The zero-order chi connectivity index (χ0) is 14.0. The zero-order valence-electron chi connectivity index (χ0n) is 8.85. The van der Waals surface area contributed by atoms with E-state index in [1.54, 1.807) is 0 Å². The number of esters is 1. The Bertz CT molecular complexity index is 498. The number of carboxylic acid groups (broad SMARTS) is 1. The summed E-state index contributed by atoms with van der Waals surface area (Å²) in [4.78, 5) is 21.4. The van der Waals surface area contributed by atoms with E-state index < -0.39 is 46.3 Å². The van der Waals surface area contributed by atoms with Crippen LogP contribution in [0, 0.1) is 23.3 Å². The molecule has 0 aliphatic carbocycles. The van der Waals surface area contributed by atoms with Crippen LogP contribution >= 0.6 is 0 Å². The highest BCUT2D eigenvalue weighted by Crippen LogP contribution is 2.24. The van der Waals surface area contributed by atoms with Crippen molar-refractivity contribution < 1.29 is 37.0 Å². The van der Waals surface area contributed by atoms with Crippen molar-refractivity contribution in [1.82, 2.24) is 0 Å². The number of ether oxygens (including phenoxy) is 1. The van der Waals surface area contributed by atoms with Crippen molar-refractivity contribution in [2.45, 2.75) is 6.92 Å². The monoisotopic (exact) mass is 265 g/mol. The summed E-state index contributed by atoms with van der Waals surface area (Å²) in [6.07, 6.45) is 0. The zero-order valence-corrected chi connectivity index (χ0v) is 8.85. The van der Waals surface area contributed by atoms with Crippen molar-refractivity contribution >= 4 is 11.9 Å². The third kappa shape index (κ3) is 2.13. The molecule has 0 aromatic heterocycles. The van der Waals surface area contributed by atoms with E-state index in [0.29, 0.717) is 0 Å². The molecule has 0 saturated carbocycles. The van der Waals surface area contributed by atoms with Gasteiger partial charge >= 0.3 is 5.97 Å². The third-order valence-corrected chi connectivity index (χ3v) is 1.95. The maximum atomic E-state index is 13.3. The van der Waals surface area contributed by atoms with Gasteiger partial charge < -0.3 is 14.6 Å². The lowest BCUT2D eigenvalue weighted by atomic mass is 10.1. The topological polar surface area (TPSA) is 66.4 Å². The first kappa shape index (κ1) is 13.9. The minimum Gasteiger partial charge on any atom is -0.545 e. The molecule has 0 saturated heterocycles. The van der Waals surface area contributed by atoms with Gasteiger partial charge in [-0.1, -0.05) is 0 Å². The van der Waals surface area contributed by atoms with Crippen LogP contribution in [0.3, 0.4) is 0 Å². The average molecular weight is 265 g/mol. The van der Waals surface area contributed by atoms with Gasteiger partial charge in [0.15, 0.2) is 23.3 Å². The summed E-state index contributed by atoms with van der Waals surface area (Å²) >= 11 is 0. The summed E-state index contributed by atoms with van der Waals surface area (Å²) in [5.41, 5.74) is -3.55. The molecule has 18 heavy (non-hydrogen) atoms. The van der Waals surface area contributed by atoms with Crippen LogP contribution in [0.25, 0.3) is 0 Å². The van der Waals surface area contributed by atoms with Crippen molar-refractivity contribution in [3.05, 3.63) is 34.4 Å². The number of aromatic carboxylic acids is 1. The molecule has 98 valence electrons. The van der Waals surface area contributed by atoms with Crippen molar-refractivity contribution in [3.8, 4) is 0 Å². The highest BCUT2D eigenvalue weighted by molar-refractivity contribution is 5.93. The molecule has 0 N–H and O–H groups in total. The predicted octanol–water partition coefficient (Wildman–Crippen LogP) is 0.783. The van der Waals surface area contributed by atoms with Crippen molar-refractivity contribution in [2.75, 3.05) is 6.61 Å². The van der Waals surface area contributed by atoms with E-state index in [1.807, 2.05) is 0 Å². The van der Waals surface area contributed by atoms with Gasteiger partial charge in [0.2, 0.25) is 0 Å². The summed E-state index contributed by atoms with van der Waals surface area (Å²) in [5, 5.41) is 10.3. The Kier molecular flexibility index (Phi) is 3.89. The van der Waals surface area contributed by atoms with Gasteiger partial charge in [-0.25, -0.2) is 22.4 Å². The molecule has 0 amide bonds. The maximum Gasteiger partial charge on any atom is 0.344 e. The van der Waals surface area contributed by atoms with E-state index in [2.05, 4.69) is 4.74 Å². The Hall–Kier alpha value is -2.12. The van der Waals surface area contributed by atoms with Crippen LogP contribution < -0.4 is 5.11 Å². The van der Waals surface area contributed by atoms with E-state index >= 15 is 0 Å². The molecule has 0 atom stereocenters. The summed E-state index contributed by atoms with van der Waals surface area (Å²) in [5.74, 6) is -12.8. The average Bonchev–Trinajstić information content (AvgIpc) is 2.27. The normalized spacial score (nSPS) is 10.3. The van der Waals surface area contributed by atoms with Crippen molar-refractivity contribution in [3.63, 3.8) is 0 Å². The Balaban J connectivity index is 3.58. The van der Waals surface area contributed by atoms with Gasteiger partial charge in [-0.15, -0.1) is 0 Å². The SMILES string of the molecule is CCOC(=O)c1c(F)c(F)c(C(=O)[O-])c(F)c1F. The summed E-state index contributed by atoms with van der Waals surface area (Å²) in [6.45, 7) is 1.01. The first-order valence-corrected chi connectivity index (χ1v) is 4.57. The number of carbonyl (C=O) groups is 2. The number of carbonyl (C=O) groups excluding carboxylic acids is 2. The molecular weight excluding hydrogens is 260 g/mol. The van der Waals surface area contributed by atoms with Crippen LogP contribution in [-0.4, -0.2) is 18.5 Å². The lowest BCUT2D eigenvalue weighted by Crippen LogP contribution is -2.27. The lowest BCUT2D eigenvalue weighted by Gasteiger charge is -2.11. The molecule has 1 aromatic rings.